The van der Waals surface area contributed by atoms with E-state index < -0.39 is 0 Å². The molecule has 0 spiro atoms. The predicted octanol–water partition coefficient (Wildman–Crippen LogP) is 1.91. The Morgan fingerprint density at radius 1 is 1.35 bits per heavy atom. The van der Waals surface area contributed by atoms with E-state index in [4.69, 9.17) is 0 Å². The molecule has 1 unspecified atom stereocenters. The summed E-state index contributed by atoms with van der Waals surface area (Å²) in [6.45, 7) is 5.96. The summed E-state index contributed by atoms with van der Waals surface area (Å²) in [5.74, 6) is 0.0254. The van der Waals surface area contributed by atoms with E-state index in [1.807, 2.05) is 57.1 Å². The maximum absolute atomic E-state index is 12.2. The highest BCUT2D eigenvalue weighted by Crippen LogP contribution is 2.33. The molecule has 1 aromatic carbocycles. The molecular formula is C13H19N3O. The summed E-state index contributed by atoms with van der Waals surface area (Å²) in [5, 5.41) is 4.85. The molecule has 0 aromatic heterocycles. The van der Waals surface area contributed by atoms with Gasteiger partial charge in [-0.3, -0.25) is 4.79 Å². The lowest BCUT2D eigenvalue weighted by atomic mass is 10.0. The highest BCUT2D eigenvalue weighted by molar-refractivity contribution is 5.87. The molecule has 0 aliphatic carbocycles. The average Bonchev–Trinajstić information content (AvgIpc) is 2.50. The molecule has 1 aliphatic heterocycles. The fraction of sp³-hybridized carbons (Fsp3) is 0.462. The highest BCUT2D eigenvalue weighted by atomic mass is 16.2. The molecule has 2 rings (SSSR count). The van der Waals surface area contributed by atoms with Crippen molar-refractivity contribution in [3.05, 3.63) is 29.8 Å². The van der Waals surface area contributed by atoms with Gasteiger partial charge in [0, 0.05) is 18.2 Å². The smallest absolute Gasteiger partial charge is 0.244 e. The third-order valence-corrected chi connectivity index (χ3v) is 2.69. The van der Waals surface area contributed by atoms with Crippen molar-refractivity contribution in [2.75, 3.05) is 12.5 Å². The Kier molecular flexibility index (Phi) is 2.83. The summed E-state index contributed by atoms with van der Waals surface area (Å²) in [6, 6.07) is 7.63. The normalized spacial score (nSPS) is 19.6. The molecule has 4 heteroatoms. The van der Waals surface area contributed by atoms with Crippen LogP contribution in [0.4, 0.5) is 5.69 Å². The average molecular weight is 233 g/mol. The molecule has 1 atom stereocenters. The first-order valence-electron chi connectivity index (χ1n) is 5.79. The van der Waals surface area contributed by atoms with Gasteiger partial charge >= 0.3 is 0 Å². The van der Waals surface area contributed by atoms with Crippen LogP contribution in [0.3, 0.4) is 0 Å². The van der Waals surface area contributed by atoms with Crippen LogP contribution in [0, 0.1) is 0 Å². The molecule has 0 fully saturated rings. The zero-order valence-corrected chi connectivity index (χ0v) is 10.7. The first kappa shape index (κ1) is 11.9. The first-order valence-corrected chi connectivity index (χ1v) is 5.79. The predicted molar refractivity (Wildman–Crippen MR) is 68.5 cm³/mol. The molecule has 1 aliphatic rings. The van der Waals surface area contributed by atoms with E-state index in [0.717, 1.165) is 11.3 Å². The van der Waals surface area contributed by atoms with Gasteiger partial charge in [0.25, 0.3) is 0 Å². The van der Waals surface area contributed by atoms with Gasteiger partial charge < -0.3 is 10.7 Å². The Hall–Kier alpha value is -1.55. The van der Waals surface area contributed by atoms with Gasteiger partial charge in [-0.2, -0.15) is 0 Å². The number of hydrazine groups is 1. The second-order valence-electron chi connectivity index (χ2n) is 5.45. The van der Waals surface area contributed by atoms with E-state index >= 15 is 0 Å². The van der Waals surface area contributed by atoms with Gasteiger partial charge in [-0.25, -0.2) is 5.01 Å². The Bertz CT molecular complexity index is 437. The van der Waals surface area contributed by atoms with Crippen LogP contribution < -0.4 is 10.7 Å². The second kappa shape index (κ2) is 4.04. The molecular weight excluding hydrogens is 214 g/mol. The monoisotopic (exact) mass is 233 g/mol. The fourth-order valence-electron chi connectivity index (χ4n) is 2.06. The van der Waals surface area contributed by atoms with Crippen molar-refractivity contribution >= 4 is 11.6 Å². The Morgan fingerprint density at radius 2 is 2.00 bits per heavy atom. The van der Waals surface area contributed by atoms with E-state index in [1.54, 1.807) is 0 Å². The molecule has 0 saturated heterocycles. The number of carbonyl (C=O) groups is 1. The molecule has 1 heterocycles. The number of fused-ring (bicyclic) bond motifs is 1. The van der Waals surface area contributed by atoms with Crippen LogP contribution in [0.1, 0.15) is 32.4 Å². The number of nitrogens with one attached hydrogen (secondary N) is 2. The summed E-state index contributed by atoms with van der Waals surface area (Å²) in [7, 11) is 1.88. The Morgan fingerprint density at radius 3 is 2.65 bits per heavy atom. The topological polar surface area (TPSA) is 44.4 Å². The number of amides is 1. The molecule has 92 valence electrons. The summed E-state index contributed by atoms with van der Waals surface area (Å²) >= 11 is 0. The number of hydrogen-bond donors (Lipinski definition) is 2. The maximum Gasteiger partial charge on any atom is 0.244 e. The van der Waals surface area contributed by atoms with Crippen molar-refractivity contribution in [2.45, 2.75) is 32.4 Å². The number of benzene rings is 1. The van der Waals surface area contributed by atoms with Crippen molar-refractivity contribution in [1.29, 1.82) is 0 Å². The van der Waals surface area contributed by atoms with Crippen molar-refractivity contribution in [3.63, 3.8) is 0 Å². The number of hydrogen-bond acceptors (Lipinski definition) is 3. The molecule has 17 heavy (non-hydrogen) atoms. The summed E-state index contributed by atoms with van der Waals surface area (Å²) in [5.41, 5.74) is 5.00. The van der Waals surface area contributed by atoms with Crippen LogP contribution >= 0.6 is 0 Å². The molecule has 1 amide bonds. The SMILES string of the molecule is CN1Nc2ccccc2C1C(=O)NC(C)(C)C. The van der Waals surface area contributed by atoms with Crippen molar-refractivity contribution in [1.82, 2.24) is 10.3 Å². The standard InChI is InChI=1S/C13H19N3O/c1-13(2,3)14-12(17)11-9-7-5-6-8-10(9)15-16(11)4/h5-8,11,15H,1-4H3,(H,14,17). The minimum atomic E-state index is -0.259. The fourth-order valence-corrected chi connectivity index (χ4v) is 2.06. The van der Waals surface area contributed by atoms with Gasteiger partial charge in [-0.1, -0.05) is 18.2 Å². The molecule has 0 saturated carbocycles. The number of carbonyl (C=O) groups excluding carboxylic acids is 1. The quantitative estimate of drug-likeness (QED) is 0.779. The summed E-state index contributed by atoms with van der Waals surface area (Å²) < 4.78 is 0. The van der Waals surface area contributed by atoms with Gasteiger partial charge in [0.15, 0.2) is 0 Å². The lowest BCUT2D eigenvalue weighted by molar-refractivity contribution is -0.126. The minimum Gasteiger partial charge on any atom is -0.350 e. The summed E-state index contributed by atoms with van der Waals surface area (Å²) in [4.78, 5) is 12.2. The second-order valence-corrected chi connectivity index (χ2v) is 5.45. The lowest BCUT2D eigenvalue weighted by Gasteiger charge is -2.26. The van der Waals surface area contributed by atoms with Crippen molar-refractivity contribution in [3.8, 4) is 0 Å². The van der Waals surface area contributed by atoms with Crippen LogP contribution in [-0.4, -0.2) is 23.5 Å². The van der Waals surface area contributed by atoms with Gasteiger partial charge in [0.05, 0.1) is 5.69 Å². The van der Waals surface area contributed by atoms with E-state index in [1.165, 1.54) is 0 Å². The zero-order valence-electron chi connectivity index (χ0n) is 10.7. The highest BCUT2D eigenvalue weighted by Gasteiger charge is 2.34. The van der Waals surface area contributed by atoms with E-state index in [2.05, 4.69) is 10.7 Å². The van der Waals surface area contributed by atoms with Gasteiger partial charge in [0.2, 0.25) is 5.91 Å². The largest absolute Gasteiger partial charge is 0.350 e. The third-order valence-electron chi connectivity index (χ3n) is 2.69. The van der Waals surface area contributed by atoms with Gasteiger partial charge in [-0.05, 0) is 26.8 Å². The van der Waals surface area contributed by atoms with Crippen LogP contribution in [0.2, 0.25) is 0 Å². The van der Waals surface area contributed by atoms with Gasteiger partial charge in [-0.15, -0.1) is 0 Å². The van der Waals surface area contributed by atoms with Gasteiger partial charge in [0.1, 0.15) is 6.04 Å². The maximum atomic E-state index is 12.2. The van der Waals surface area contributed by atoms with Crippen LogP contribution in [0.15, 0.2) is 24.3 Å². The number of nitrogens with zero attached hydrogens (tertiary/aromatic N) is 1. The minimum absolute atomic E-state index is 0.0254. The molecule has 2 N–H and O–H groups in total. The third kappa shape index (κ3) is 2.42. The van der Waals surface area contributed by atoms with Crippen LogP contribution in [0.5, 0.6) is 0 Å². The zero-order chi connectivity index (χ0) is 12.6. The van der Waals surface area contributed by atoms with E-state index in [0.29, 0.717) is 0 Å². The van der Waals surface area contributed by atoms with Crippen LogP contribution in [0.25, 0.3) is 0 Å². The molecule has 0 bridgehead atoms. The van der Waals surface area contributed by atoms with Crippen LogP contribution in [-0.2, 0) is 4.79 Å². The Balaban J connectivity index is 2.25. The Labute approximate surface area is 102 Å². The lowest BCUT2D eigenvalue weighted by Crippen LogP contribution is -2.46. The molecule has 0 radical (unpaired) electrons. The number of rotatable bonds is 1. The number of likely N-dealkylation sites (N-methyl/N-ethyl adjacent to an activating group) is 1. The number of para-hydroxylation sites is 1. The number of anilines is 1. The van der Waals surface area contributed by atoms with Crippen molar-refractivity contribution < 1.29 is 4.79 Å². The molecule has 4 nitrogen and oxygen atoms in total. The van der Waals surface area contributed by atoms with E-state index in [-0.39, 0.29) is 17.5 Å². The molecule has 1 aromatic rings. The van der Waals surface area contributed by atoms with E-state index in [9.17, 15) is 4.79 Å². The first-order chi connectivity index (χ1) is 7.88. The summed E-state index contributed by atoms with van der Waals surface area (Å²) in [6.07, 6.45) is 0. The van der Waals surface area contributed by atoms with Crippen molar-refractivity contribution in [2.24, 2.45) is 0 Å².